The highest BCUT2D eigenvalue weighted by molar-refractivity contribution is 5.98. The van der Waals surface area contributed by atoms with Gasteiger partial charge in [-0.05, 0) is 30.7 Å². The fourth-order valence-electron chi connectivity index (χ4n) is 3.05. The van der Waals surface area contributed by atoms with Crippen LogP contribution in [0, 0.1) is 17.0 Å². The molecule has 0 bridgehead atoms. The third-order valence-electron chi connectivity index (χ3n) is 4.66. The molecule has 0 unspecified atom stereocenters. The fourth-order valence-corrected chi connectivity index (χ4v) is 3.05. The number of carbonyl (C=O) groups excluding carboxylic acids is 2. The van der Waals surface area contributed by atoms with E-state index in [1.165, 1.54) is 25.1 Å². The van der Waals surface area contributed by atoms with Gasteiger partial charge in [0, 0.05) is 12.6 Å². The van der Waals surface area contributed by atoms with Crippen LogP contribution in [0.1, 0.15) is 26.3 Å². The summed E-state index contributed by atoms with van der Waals surface area (Å²) < 4.78 is 4.79. The summed E-state index contributed by atoms with van der Waals surface area (Å²) in [7, 11) is 2.76. The molecule has 0 atom stereocenters. The Bertz CT molecular complexity index is 1180. The summed E-state index contributed by atoms with van der Waals surface area (Å²) in [5, 5.41) is 11.9. The van der Waals surface area contributed by atoms with Crippen LogP contribution in [-0.2, 0) is 4.74 Å². The molecular weight excluding hydrogens is 416 g/mol. The standard InChI is InChI=1S/C21H20N6O5/c1-13-8-4-5-9-14(13)20(28)25-24-18-17(27(30)31)19(23-12-22-18)26(2)16-11-7-6-10-15(16)21(29)32-3/h4-12H,1-3H3,(H,25,28)(H,22,23,24). The van der Waals surface area contributed by atoms with Gasteiger partial charge in [0.15, 0.2) is 0 Å². The van der Waals surface area contributed by atoms with Gasteiger partial charge in [0.1, 0.15) is 6.33 Å². The first-order chi connectivity index (χ1) is 15.3. The number of ether oxygens (including phenoxy) is 1. The van der Waals surface area contributed by atoms with Gasteiger partial charge < -0.3 is 9.64 Å². The highest BCUT2D eigenvalue weighted by atomic mass is 16.6. The molecule has 11 heteroatoms. The molecule has 1 aromatic heterocycles. The zero-order valence-corrected chi connectivity index (χ0v) is 17.5. The van der Waals surface area contributed by atoms with Gasteiger partial charge in [0.05, 0.1) is 23.3 Å². The first-order valence-electron chi connectivity index (χ1n) is 9.37. The van der Waals surface area contributed by atoms with Gasteiger partial charge in [-0.25, -0.2) is 14.8 Å². The molecule has 2 aromatic carbocycles. The van der Waals surface area contributed by atoms with Gasteiger partial charge in [0.2, 0.25) is 11.6 Å². The predicted molar refractivity (Wildman–Crippen MR) is 117 cm³/mol. The van der Waals surface area contributed by atoms with E-state index < -0.39 is 22.5 Å². The third-order valence-corrected chi connectivity index (χ3v) is 4.66. The number of nitro groups is 1. The van der Waals surface area contributed by atoms with Gasteiger partial charge in [-0.3, -0.25) is 25.8 Å². The number of hydrazine groups is 1. The van der Waals surface area contributed by atoms with Crippen LogP contribution in [0.3, 0.4) is 0 Å². The normalized spacial score (nSPS) is 10.2. The number of nitrogens with one attached hydrogen (secondary N) is 2. The number of hydrogen-bond acceptors (Lipinski definition) is 9. The minimum Gasteiger partial charge on any atom is -0.465 e. The quantitative estimate of drug-likeness (QED) is 0.325. The Hall–Kier alpha value is -4.54. The lowest BCUT2D eigenvalue weighted by Crippen LogP contribution is -2.31. The van der Waals surface area contributed by atoms with Crippen LogP contribution in [0.15, 0.2) is 54.9 Å². The number of methoxy groups -OCH3 is 1. The zero-order valence-electron chi connectivity index (χ0n) is 17.5. The van der Waals surface area contributed by atoms with Crippen molar-refractivity contribution in [1.82, 2.24) is 15.4 Å². The largest absolute Gasteiger partial charge is 0.465 e. The summed E-state index contributed by atoms with van der Waals surface area (Å²) in [6.07, 6.45) is 1.11. The van der Waals surface area contributed by atoms with Crippen LogP contribution in [0.5, 0.6) is 0 Å². The molecule has 0 saturated carbocycles. The number of esters is 1. The first-order valence-corrected chi connectivity index (χ1v) is 9.37. The second-order valence-electron chi connectivity index (χ2n) is 6.61. The Morgan fingerprint density at radius 1 is 1.06 bits per heavy atom. The Labute approximate surface area is 183 Å². The van der Waals surface area contributed by atoms with Crippen molar-refractivity contribution in [1.29, 1.82) is 0 Å². The smallest absolute Gasteiger partial charge is 0.355 e. The van der Waals surface area contributed by atoms with E-state index in [1.54, 1.807) is 49.4 Å². The predicted octanol–water partition coefficient (Wildman–Crippen LogP) is 3.00. The molecule has 3 aromatic rings. The summed E-state index contributed by atoms with van der Waals surface area (Å²) in [4.78, 5) is 45.1. The van der Waals surface area contributed by atoms with Crippen molar-refractivity contribution in [2.45, 2.75) is 6.92 Å². The average molecular weight is 436 g/mol. The lowest BCUT2D eigenvalue weighted by Gasteiger charge is -2.21. The summed E-state index contributed by atoms with van der Waals surface area (Å²) >= 11 is 0. The molecule has 1 heterocycles. The number of hydrogen-bond donors (Lipinski definition) is 2. The van der Waals surface area contributed by atoms with E-state index in [9.17, 15) is 19.7 Å². The summed E-state index contributed by atoms with van der Waals surface area (Å²) in [6.45, 7) is 1.77. The Morgan fingerprint density at radius 2 is 1.72 bits per heavy atom. The maximum absolute atomic E-state index is 12.5. The maximum atomic E-state index is 12.5. The minimum absolute atomic E-state index is 0.0889. The second-order valence-corrected chi connectivity index (χ2v) is 6.61. The average Bonchev–Trinajstić information content (AvgIpc) is 2.81. The van der Waals surface area contributed by atoms with E-state index in [2.05, 4.69) is 20.8 Å². The van der Waals surface area contributed by atoms with Crippen LogP contribution in [-0.4, -0.2) is 40.9 Å². The molecule has 32 heavy (non-hydrogen) atoms. The highest BCUT2D eigenvalue weighted by Gasteiger charge is 2.28. The number of amides is 1. The first kappa shape index (κ1) is 22.2. The number of nitrogens with zero attached hydrogens (tertiary/aromatic N) is 4. The van der Waals surface area contributed by atoms with Gasteiger partial charge in [-0.2, -0.15) is 0 Å². The lowest BCUT2D eigenvalue weighted by atomic mass is 10.1. The molecule has 11 nitrogen and oxygen atoms in total. The molecule has 1 amide bonds. The Kier molecular flexibility index (Phi) is 6.59. The number of aromatic nitrogens is 2. The van der Waals surface area contributed by atoms with Crippen molar-refractivity contribution >= 4 is 34.9 Å². The maximum Gasteiger partial charge on any atom is 0.355 e. The van der Waals surface area contributed by atoms with Crippen LogP contribution >= 0.6 is 0 Å². The van der Waals surface area contributed by atoms with Crippen molar-refractivity contribution in [2.24, 2.45) is 0 Å². The van der Waals surface area contributed by atoms with Crippen LogP contribution in [0.4, 0.5) is 23.0 Å². The van der Waals surface area contributed by atoms with E-state index in [0.29, 0.717) is 11.3 Å². The molecule has 164 valence electrons. The zero-order chi connectivity index (χ0) is 23.3. The van der Waals surface area contributed by atoms with Gasteiger partial charge in [-0.1, -0.05) is 30.3 Å². The molecule has 0 spiro atoms. The molecule has 0 saturated heterocycles. The van der Waals surface area contributed by atoms with Crippen molar-refractivity contribution in [3.63, 3.8) is 0 Å². The lowest BCUT2D eigenvalue weighted by molar-refractivity contribution is -0.383. The van der Waals surface area contributed by atoms with Crippen molar-refractivity contribution in [3.8, 4) is 0 Å². The van der Waals surface area contributed by atoms with Gasteiger partial charge in [-0.15, -0.1) is 0 Å². The fraction of sp³-hybridized carbons (Fsp3) is 0.143. The number of rotatable bonds is 7. The van der Waals surface area contributed by atoms with Gasteiger partial charge in [0.25, 0.3) is 5.91 Å². The summed E-state index contributed by atoms with van der Waals surface area (Å²) in [5.41, 5.74) is 6.13. The van der Waals surface area contributed by atoms with Gasteiger partial charge >= 0.3 is 11.7 Å². The van der Waals surface area contributed by atoms with E-state index in [-0.39, 0.29) is 17.2 Å². The van der Waals surface area contributed by atoms with Crippen molar-refractivity contribution in [3.05, 3.63) is 81.7 Å². The number of carbonyl (C=O) groups is 2. The van der Waals surface area contributed by atoms with Crippen LogP contribution < -0.4 is 15.8 Å². The Balaban J connectivity index is 1.95. The molecule has 0 aliphatic rings. The number of para-hydroxylation sites is 1. The second kappa shape index (κ2) is 9.51. The van der Waals surface area contributed by atoms with E-state index in [0.717, 1.165) is 11.9 Å². The number of anilines is 3. The van der Waals surface area contributed by atoms with E-state index in [4.69, 9.17) is 4.74 Å². The topological polar surface area (TPSA) is 140 Å². The summed E-state index contributed by atoms with van der Waals surface area (Å²) in [6, 6.07) is 13.4. The van der Waals surface area contributed by atoms with Crippen LogP contribution in [0.2, 0.25) is 0 Å². The van der Waals surface area contributed by atoms with E-state index in [1.807, 2.05) is 0 Å². The SMILES string of the molecule is COC(=O)c1ccccc1N(C)c1ncnc(NNC(=O)c2ccccc2C)c1[N+](=O)[O-]. The molecule has 0 radical (unpaired) electrons. The minimum atomic E-state index is -0.672. The molecular formula is C21H20N6O5. The molecule has 0 aliphatic carbocycles. The molecule has 2 N–H and O–H groups in total. The molecule has 3 rings (SSSR count). The number of benzene rings is 2. The van der Waals surface area contributed by atoms with Crippen LogP contribution in [0.25, 0.3) is 0 Å². The Morgan fingerprint density at radius 3 is 2.38 bits per heavy atom. The monoisotopic (exact) mass is 436 g/mol. The van der Waals surface area contributed by atoms with Crippen molar-refractivity contribution in [2.75, 3.05) is 24.5 Å². The summed E-state index contributed by atoms with van der Waals surface area (Å²) in [5.74, 6) is -1.40. The van der Waals surface area contributed by atoms with Crippen molar-refractivity contribution < 1.29 is 19.2 Å². The third kappa shape index (κ3) is 4.46. The molecule has 0 fully saturated rings. The molecule has 0 aliphatic heterocycles. The highest BCUT2D eigenvalue weighted by Crippen LogP contribution is 2.35. The number of aryl methyl sites for hydroxylation is 1. The van der Waals surface area contributed by atoms with E-state index >= 15 is 0 Å².